The van der Waals surface area contributed by atoms with E-state index in [4.69, 9.17) is 16.3 Å². The Balaban J connectivity index is 2.18. The summed E-state index contributed by atoms with van der Waals surface area (Å²) < 4.78 is 9.69. The van der Waals surface area contributed by atoms with Gasteiger partial charge in [0.1, 0.15) is 4.88 Å². The van der Waals surface area contributed by atoms with Crippen molar-refractivity contribution in [2.45, 2.75) is 38.9 Å². The molecular weight excluding hydrogens is 286 g/mol. The van der Waals surface area contributed by atoms with Crippen LogP contribution in [0.2, 0.25) is 0 Å². The summed E-state index contributed by atoms with van der Waals surface area (Å²) in [5.74, 6) is 0.368. The van der Waals surface area contributed by atoms with E-state index in [-0.39, 0.29) is 17.6 Å². The Hall–Kier alpha value is -0.720. The Kier molecular flexibility index (Phi) is 4.43. The van der Waals surface area contributed by atoms with Gasteiger partial charge >= 0.3 is 0 Å². The molecule has 19 heavy (non-hydrogen) atoms. The van der Waals surface area contributed by atoms with Gasteiger partial charge in [0.25, 0.3) is 5.91 Å². The number of alkyl halides is 1. The average molecular weight is 304 g/mol. The molecule has 7 heteroatoms. The van der Waals surface area contributed by atoms with E-state index in [1.165, 1.54) is 0 Å². The second-order valence-electron chi connectivity index (χ2n) is 5.24. The standard InChI is InChI=1S/C12H18ClN3O2S/c1-4-9-10(19-15-14-9)11(17)16-6-8(5-13)18-12(2,3)7-16/h8H,4-7H2,1-3H3. The van der Waals surface area contributed by atoms with Gasteiger partial charge in [-0.3, -0.25) is 4.79 Å². The monoisotopic (exact) mass is 303 g/mol. The molecule has 2 heterocycles. The summed E-state index contributed by atoms with van der Waals surface area (Å²) in [4.78, 5) is 15.0. The topological polar surface area (TPSA) is 55.3 Å². The van der Waals surface area contributed by atoms with Crippen LogP contribution in [0.4, 0.5) is 0 Å². The molecule has 0 spiro atoms. The zero-order chi connectivity index (χ0) is 14.0. The van der Waals surface area contributed by atoms with Gasteiger partial charge in [-0.25, -0.2) is 0 Å². The molecule has 0 aliphatic carbocycles. The third-order valence-corrected chi connectivity index (χ3v) is 4.13. The Morgan fingerprint density at radius 2 is 2.37 bits per heavy atom. The minimum atomic E-state index is -0.377. The van der Waals surface area contributed by atoms with Crippen molar-refractivity contribution in [3.05, 3.63) is 10.6 Å². The van der Waals surface area contributed by atoms with Crippen LogP contribution in [0, 0.1) is 0 Å². The Morgan fingerprint density at radius 1 is 1.63 bits per heavy atom. The molecule has 1 aliphatic rings. The fourth-order valence-corrected chi connectivity index (χ4v) is 3.16. The SMILES string of the molecule is CCc1nnsc1C(=O)N1CC(CCl)OC(C)(C)C1. The van der Waals surface area contributed by atoms with Crippen molar-refractivity contribution in [2.24, 2.45) is 0 Å². The van der Waals surface area contributed by atoms with E-state index in [0.29, 0.717) is 30.3 Å². The van der Waals surface area contributed by atoms with E-state index in [9.17, 15) is 4.79 Å². The van der Waals surface area contributed by atoms with Crippen LogP contribution in [-0.2, 0) is 11.2 Å². The second kappa shape index (κ2) is 5.73. The molecule has 1 aromatic heterocycles. The molecule has 0 radical (unpaired) electrons. The van der Waals surface area contributed by atoms with Crippen LogP contribution in [0.3, 0.4) is 0 Å². The maximum Gasteiger partial charge on any atom is 0.267 e. The van der Waals surface area contributed by atoms with E-state index in [2.05, 4.69) is 9.59 Å². The zero-order valence-electron chi connectivity index (χ0n) is 11.4. The molecule has 106 valence electrons. The first kappa shape index (κ1) is 14.7. The number of aryl methyl sites for hydroxylation is 1. The molecule has 1 aliphatic heterocycles. The molecule has 1 saturated heterocycles. The highest BCUT2D eigenvalue weighted by molar-refractivity contribution is 7.08. The maximum absolute atomic E-state index is 12.5. The summed E-state index contributed by atoms with van der Waals surface area (Å²) in [6.45, 7) is 6.99. The van der Waals surface area contributed by atoms with Crippen molar-refractivity contribution in [2.75, 3.05) is 19.0 Å². The van der Waals surface area contributed by atoms with Crippen molar-refractivity contribution >= 4 is 29.0 Å². The lowest BCUT2D eigenvalue weighted by molar-refractivity contribution is -0.117. The van der Waals surface area contributed by atoms with Crippen LogP contribution in [0.25, 0.3) is 0 Å². The molecule has 1 aromatic rings. The van der Waals surface area contributed by atoms with E-state index in [1.54, 1.807) is 4.90 Å². The van der Waals surface area contributed by atoms with Gasteiger partial charge in [0.05, 0.1) is 23.3 Å². The summed E-state index contributed by atoms with van der Waals surface area (Å²) in [5, 5.41) is 3.99. The Morgan fingerprint density at radius 3 is 3.00 bits per heavy atom. The van der Waals surface area contributed by atoms with Gasteiger partial charge in [-0.1, -0.05) is 11.4 Å². The first-order chi connectivity index (χ1) is 8.96. The van der Waals surface area contributed by atoms with Gasteiger partial charge in [0, 0.05) is 13.1 Å². The van der Waals surface area contributed by atoms with E-state index in [0.717, 1.165) is 17.2 Å². The van der Waals surface area contributed by atoms with Crippen LogP contribution in [0.5, 0.6) is 0 Å². The number of nitrogens with zero attached hydrogens (tertiary/aromatic N) is 3. The summed E-state index contributed by atoms with van der Waals surface area (Å²) in [6.07, 6.45) is 0.588. The van der Waals surface area contributed by atoms with Crippen molar-refractivity contribution in [1.82, 2.24) is 14.5 Å². The molecule has 2 rings (SSSR count). The highest BCUT2D eigenvalue weighted by Crippen LogP contribution is 2.24. The van der Waals surface area contributed by atoms with Gasteiger partial charge in [-0.05, 0) is 31.8 Å². The molecular formula is C12H18ClN3O2S. The largest absolute Gasteiger partial charge is 0.367 e. The number of carbonyl (C=O) groups is 1. The van der Waals surface area contributed by atoms with Crippen molar-refractivity contribution in [3.8, 4) is 0 Å². The van der Waals surface area contributed by atoms with Gasteiger partial charge in [0.2, 0.25) is 0 Å². The average Bonchev–Trinajstić information content (AvgIpc) is 2.84. The van der Waals surface area contributed by atoms with Crippen LogP contribution >= 0.6 is 23.1 Å². The fraction of sp³-hybridized carbons (Fsp3) is 0.750. The van der Waals surface area contributed by atoms with Gasteiger partial charge < -0.3 is 9.64 Å². The fourth-order valence-electron chi connectivity index (χ4n) is 2.28. The van der Waals surface area contributed by atoms with Crippen molar-refractivity contribution < 1.29 is 9.53 Å². The predicted molar refractivity (Wildman–Crippen MR) is 74.9 cm³/mol. The molecule has 1 fully saturated rings. The molecule has 1 amide bonds. The number of morpholine rings is 1. The third kappa shape index (κ3) is 3.24. The van der Waals surface area contributed by atoms with E-state index >= 15 is 0 Å². The van der Waals surface area contributed by atoms with Crippen molar-refractivity contribution in [3.63, 3.8) is 0 Å². The van der Waals surface area contributed by atoms with Crippen LogP contribution in [0.15, 0.2) is 0 Å². The maximum atomic E-state index is 12.5. The second-order valence-corrected chi connectivity index (χ2v) is 6.30. The highest BCUT2D eigenvalue weighted by atomic mass is 35.5. The van der Waals surface area contributed by atoms with Gasteiger partial charge in [-0.2, -0.15) is 0 Å². The summed E-state index contributed by atoms with van der Waals surface area (Å²) in [7, 11) is 0. The molecule has 0 N–H and O–H groups in total. The van der Waals surface area contributed by atoms with E-state index in [1.807, 2.05) is 20.8 Å². The number of ether oxygens (including phenoxy) is 1. The number of halogens is 1. The number of aromatic nitrogens is 2. The number of carbonyl (C=O) groups excluding carboxylic acids is 1. The van der Waals surface area contributed by atoms with Crippen LogP contribution in [-0.4, -0.2) is 51.1 Å². The molecule has 0 saturated carbocycles. The predicted octanol–water partition coefficient (Wildman–Crippen LogP) is 1.96. The third-order valence-electron chi connectivity index (χ3n) is 3.03. The molecule has 1 atom stereocenters. The van der Waals surface area contributed by atoms with Gasteiger partial charge in [-0.15, -0.1) is 16.7 Å². The number of amides is 1. The smallest absolute Gasteiger partial charge is 0.267 e. The van der Waals surface area contributed by atoms with Crippen LogP contribution in [0.1, 0.15) is 36.1 Å². The molecule has 0 bridgehead atoms. The Bertz CT molecular complexity index is 464. The molecule has 1 unspecified atom stereocenters. The first-order valence-corrected chi connectivity index (χ1v) is 7.62. The number of rotatable bonds is 3. The first-order valence-electron chi connectivity index (χ1n) is 6.31. The minimum Gasteiger partial charge on any atom is -0.367 e. The van der Waals surface area contributed by atoms with E-state index < -0.39 is 0 Å². The summed E-state index contributed by atoms with van der Waals surface area (Å²) in [5.41, 5.74) is 0.388. The lowest BCUT2D eigenvalue weighted by Gasteiger charge is -2.42. The zero-order valence-corrected chi connectivity index (χ0v) is 12.9. The lowest BCUT2D eigenvalue weighted by Crippen LogP contribution is -2.55. The molecule has 0 aromatic carbocycles. The molecule has 5 nitrogen and oxygen atoms in total. The van der Waals surface area contributed by atoms with Gasteiger partial charge in [0.15, 0.2) is 0 Å². The minimum absolute atomic E-state index is 0.0154. The highest BCUT2D eigenvalue weighted by Gasteiger charge is 2.36. The summed E-state index contributed by atoms with van der Waals surface area (Å²) in [6, 6.07) is 0. The number of hydrogen-bond acceptors (Lipinski definition) is 5. The lowest BCUT2D eigenvalue weighted by atomic mass is 10.1. The normalized spacial score (nSPS) is 22.5. The Labute approximate surface area is 122 Å². The van der Waals surface area contributed by atoms with Crippen LogP contribution < -0.4 is 0 Å². The van der Waals surface area contributed by atoms with Crippen molar-refractivity contribution in [1.29, 1.82) is 0 Å². The quantitative estimate of drug-likeness (QED) is 0.801. The summed E-state index contributed by atoms with van der Waals surface area (Å²) >= 11 is 7.03. The number of hydrogen-bond donors (Lipinski definition) is 0.